The summed E-state index contributed by atoms with van der Waals surface area (Å²) in [6, 6.07) is 5.80. The predicted molar refractivity (Wildman–Crippen MR) is 83.9 cm³/mol. The third kappa shape index (κ3) is 2.71. The molecule has 1 amide bonds. The Hall–Kier alpha value is -2.21. The minimum atomic E-state index is -0.625. The lowest BCUT2D eigenvalue weighted by Gasteiger charge is -2.24. The van der Waals surface area contributed by atoms with E-state index in [0.29, 0.717) is 23.8 Å². The molecule has 1 aliphatic heterocycles. The Kier molecular flexibility index (Phi) is 3.84. The molecule has 1 aliphatic carbocycles. The third-order valence-electron chi connectivity index (χ3n) is 4.97. The quantitative estimate of drug-likeness (QED) is 0.939. The van der Waals surface area contributed by atoms with Gasteiger partial charge in [-0.1, -0.05) is 18.6 Å². The molecule has 1 N–H and O–H groups in total. The molecule has 1 aromatic carbocycles. The molecular formula is C18H19FN2O3. The zero-order valence-corrected chi connectivity index (χ0v) is 13.2. The number of benzene rings is 1. The Labute approximate surface area is 139 Å². The minimum absolute atomic E-state index is 0.214. The molecule has 5 nitrogen and oxygen atoms in total. The summed E-state index contributed by atoms with van der Waals surface area (Å²) >= 11 is 0. The molecule has 1 aromatic heterocycles. The molecule has 2 aromatic rings. The number of carbonyl (C=O) groups is 1. The first kappa shape index (κ1) is 15.3. The van der Waals surface area contributed by atoms with Crippen LogP contribution in [-0.2, 0) is 0 Å². The number of β-amino-alcohol motifs (C(OH)–C–C–N with tert-alkyl or cyclic N) is 1. The highest BCUT2D eigenvalue weighted by Gasteiger charge is 2.37. The van der Waals surface area contributed by atoms with Gasteiger partial charge in [0.1, 0.15) is 12.1 Å². The summed E-state index contributed by atoms with van der Waals surface area (Å²) in [7, 11) is 0. The number of oxazole rings is 1. The first-order valence-electron chi connectivity index (χ1n) is 8.32. The van der Waals surface area contributed by atoms with E-state index in [1.807, 2.05) is 0 Å². The molecular weight excluding hydrogens is 311 g/mol. The molecule has 0 spiro atoms. The number of halogens is 1. The monoisotopic (exact) mass is 330 g/mol. The summed E-state index contributed by atoms with van der Waals surface area (Å²) in [6.45, 7) is 0.214. The normalized spacial score (nSPS) is 24.2. The summed E-state index contributed by atoms with van der Waals surface area (Å²) in [6.07, 6.45) is 4.41. The maximum atomic E-state index is 13.5. The second-order valence-electron chi connectivity index (χ2n) is 6.62. The molecule has 126 valence electrons. The lowest BCUT2D eigenvalue weighted by Crippen LogP contribution is -2.32. The van der Waals surface area contributed by atoms with Gasteiger partial charge in [-0.2, -0.15) is 0 Å². The lowest BCUT2D eigenvalue weighted by molar-refractivity contribution is 0.0709. The second-order valence-corrected chi connectivity index (χ2v) is 6.62. The average molecular weight is 330 g/mol. The maximum Gasteiger partial charge on any atom is 0.276 e. The minimum Gasteiger partial charge on any atom is -0.448 e. The van der Waals surface area contributed by atoms with Gasteiger partial charge < -0.3 is 14.4 Å². The summed E-state index contributed by atoms with van der Waals surface area (Å²) in [5, 5.41) is 10.0. The van der Waals surface area contributed by atoms with Gasteiger partial charge in [-0.15, -0.1) is 0 Å². The van der Waals surface area contributed by atoms with Gasteiger partial charge in [0.2, 0.25) is 0 Å². The zero-order valence-electron chi connectivity index (χ0n) is 13.2. The first-order valence-corrected chi connectivity index (χ1v) is 8.32. The summed E-state index contributed by atoms with van der Waals surface area (Å²) in [5.41, 5.74) is 0.940. The Morgan fingerprint density at radius 1 is 1.38 bits per heavy atom. The van der Waals surface area contributed by atoms with E-state index in [4.69, 9.17) is 4.42 Å². The molecule has 24 heavy (non-hydrogen) atoms. The van der Waals surface area contributed by atoms with Crippen molar-refractivity contribution in [2.75, 3.05) is 6.54 Å². The molecule has 2 atom stereocenters. The second kappa shape index (κ2) is 6.02. The van der Waals surface area contributed by atoms with Crippen molar-refractivity contribution >= 4 is 5.91 Å². The van der Waals surface area contributed by atoms with Gasteiger partial charge in [0, 0.05) is 12.5 Å². The van der Waals surface area contributed by atoms with Crippen LogP contribution in [0.1, 0.15) is 59.6 Å². The molecule has 0 bridgehead atoms. The smallest absolute Gasteiger partial charge is 0.276 e. The van der Waals surface area contributed by atoms with Gasteiger partial charge in [-0.3, -0.25) is 4.79 Å². The number of aliphatic hydroxyl groups excluding tert-OH is 1. The molecule has 1 saturated heterocycles. The van der Waals surface area contributed by atoms with E-state index in [2.05, 4.69) is 4.98 Å². The van der Waals surface area contributed by atoms with Crippen molar-refractivity contribution in [3.63, 3.8) is 0 Å². The number of hydrogen-bond donors (Lipinski definition) is 1. The topological polar surface area (TPSA) is 66.6 Å². The van der Waals surface area contributed by atoms with Crippen LogP contribution in [0.4, 0.5) is 4.39 Å². The largest absolute Gasteiger partial charge is 0.448 e. The van der Waals surface area contributed by atoms with Crippen LogP contribution >= 0.6 is 0 Å². The van der Waals surface area contributed by atoms with Crippen molar-refractivity contribution in [3.8, 4) is 0 Å². The van der Waals surface area contributed by atoms with Crippen LogP contribution in [0.15, 0.2) is 34.9 Å². The predicted octanol–water partition coefficient (Wildman–Crippen LogP) is 3.03. The average Bonchev–Trinajstić information content (AvgIpc) is 3.12. The molecule has 0 radical (unpaired) electrons. The van der Waals surface area contributed by atoms with Crippen LogP contribution in [0.3, 0.4) is 0 Å². The Morgan fingerprint density at radius 3 is 2.92 bits per heavy atom. The molecule has 2 heterocycles. The Morgan fingerprint density at radius 2 is 2.21 bits per heavy atom. The highest BCUT2D eigenvalue weighted by Crippen LogP contribution is 2.37. The molecule has 4 rings (SSSR count). The third-order valence-corrected chi connectivity index (χ3v) is 4.97. The van der Waals surface area contributed by atoms with E-state index < -0.39 is 6.10 Å². The van der Waals surface area contributed by atoms with Crippen molar-refractivity contribution < 1.29 is 18.7 Å². The Balaban J connectivity index is 1.58. The molecule has 6 heteroatoms. The fourth-order valence-electron chi connectivity index (χ4n) is 3.44. The number of rotatable bonds is 3. The van der Waals surface area contributed by atoms with Gasteiger partial charge in [-0.05, 0) is 37.0 Å². The summed E-state index contributed by atoms with van der Waals surface area (Å²) in [4.78, 5) is 18.7. The van der Waals surface area contributed by atoms with Gasteiger partial charge in [0.25, 0.3) is 5.91 Å². The van der Waals surface area contributed by atoms with Crippen molar-refractivity contribution in [2.45, 2.75) is 43.7 Å². The fraction of sp³-hybridized carbons (Fsp3) is 0.444. The summed E-state index contributed by atoms with van der Waals surface area (Å²) in [5.74, 6) is 0.298. The van der Waals surface area contributed by atoms with E-state index in [9.17, 15) is 14.3 Å². The van der Waals surface area contributed by atoms with Crippen LogP contribution in [-0.4, -0.2) is 33.5 Å². The number of nitrogens with zero attached hydrogens (tertiary/aromatic N) is 2. The van der Waals surface area contributed by atoms with Crippen LogP contribution in [0, 0.1) is 5.82 Å². The maximum absolute atomic E-state index is 13.5. The SMILES string of the molecule is O=C(c1coc(C2CCC2)n1)N1C[C@@H](O)C[C@@H]1c1cccc(F)c1. The molecule has 1 saturated carbocycles. The van der Waals surface area contributed by atoms with E-state index in [1.54, 1.807) is 17.0 Å². The highest BCUT2D eigenvalue weighted by molar-refractivity contribution is 5.92. The standard InChI is InChI=1S/C18H19FN2O3/c19-13-6-2-5-12(7-13)16-8-14(22)9-21(16)18(23)15-10-24-17(20-15)11-3-1-4-11/h2,5-7,10-11,14,16,22H,1,3-4,8-9H2/t14-,16+/m0/s1. The van der Waals surface area contributed by atoms with Gasteiger partial charge in [0.15, 0.2) is 11.6 Å². The number of hydrogen-bond acceptors (Lipinski definition) is 4. The van der Waals surface area contributed by atoms with E-state index in [-0.39, 0.29) is 30.0 Å². The Bertz CT molecular complexity index is 756. The van der Waals surface area contributed by atoms with Crippen molar-refractivity contribution in [1.29, 1.82) is 0 Å². The van der Waals surface area contributed by atoms with Crippen molar-refractivity contribution in [2.24, 2.45) is 0 Å². The number of aromatic nitrogens is 1. The van der Waals surface area contributed by atoms with Crippen LogP contribution in [0.2, 0.25) is 0 Å². The van der Waals surface area contributed by atoms with Crippen molar-refractivity contribution in [1.82, 2.24) is 9.88 Å². The fourth-order valence-corrected chi connectivity index (χ4v) is 3.44. The summed E-state index contributed by atoms with van der Waals surface area (Å²) < 4.78 is 19.0. The molecule has 2 fully saturated rings. The highest BCUT2D eigenvalue weighted by atomic mass is 19.1. The van der Waals surface area contributed by atoms with Gasteiger partial charge in [-0.25, -0.2) is 9.37 Å². The van der Waals surface area contributed by atoms with Crippen LogP contribution < -0.4 is 0 Å². The molecule has 2 aliphatic rings. The number of carbonyl (C=O) groups excluding carboxylic acids is 1. The number of likely N-dealkylation sites (tertiary alicyclic amines) is 1. The van der Waals surface area contributed by atoms with Crippen molar-refractivity contribution in [3.05, 3.63) is 53.5 Å². The van der Waals surface area contributed by atoms with E-state index >= 15 is 0 Å². The van der Waals surface area contributed by atoms with Crippen LogP contribution in [0.5, 0.6) is 0 Å². The first-order chi connectivity index (χ1) is 11.6. The number of aliphatic hydroxyl groups is 1. The van der Waals surface area contributed by atoms with Gasteiger partial charge in [0.05, 0.1) is 12.1 Å². The van der Waals surface area contributed by atoms with Crippen LogP contribution in [0.25, 0.3) is 0 Å². The molecule has 0 unspecified atom stereocenters. The van der Waals surface area contributed by atoms with E-state index in [0.717, 1.165) is 19.3 Å². The van der Waals surface area contributed by atoms with Gasteiger partial charge >= 0.3 is 0 Å². The zero-order chi connectivity index (χ0) is 16.7. The van der Waals surface area contributed by atoms with E-state index in [1.165, 1.54) is 18.4 Å². The number of amides is 1. The lowest BCUT2D eigenvalue weighted by atomic mass is 9.85.